The zero-order valence-corrected chi connectivity index (χ0v) is 29.9. The number of rotatable bonds is 19. The fourth-order valence-corrected chi connectivity index (χ4v) is 6.84. The lowest BCUT2D eigenvalue weighted by Crippen LogP contribution is -2.52. The zero-order valence-electron chi connectivity index (χ0n) is 29.9. The van der Waals surface area contributed by atoms with Crippen molar-refractivity contribution in [1.29, 1.82) is 0 Å². The van der Waals surface area contributed by atoms with Gasteiger partial charge >= 0.3 is 0 Å². The van der Waals surface area contributed by atoms with Gasteiger partial charge in [-0.3, -0.25) is 24.0 Å². The number of amides is 4. The molecule has 51 heavy (non-hydrogen) atoms. The third kappa shape index (κ3) is 11.6. The molecule has 2 aliphatic rings. The first-order valence-corrected chi connectivity index (χ1v) is 18.0. The number of carbonyl (C=O) groups is 5. The van der Waals surface area contributed by atoms with E-state index < -0.39 is 36.6 Å². The number of aliphatic hydroxyl groups is 1. The second-order valence-electron chi connectivity index (χ2n) is 14.2. The van der Waals surface area contributed by atoms with Crippen molar-refractivity contribution in [2.24, 2.45) is 23.3 Å². The van der Waals surface area contributed by atoms with Gasteiger partial charge in [-0.15, -0.1) is 0 Å². The highest BCUT2D eigenvalue weighted by Crippen LogP contribution is 2.27. The molecular weight excluding hydrogens is 648 g/mol. The van der Waals surface area contributed by atoms with E-state index in [1.807, 2.05) is 74.5 Å². The molecule has 2 aliphatic heterocycles. The van der Waals surface area contributed by atoms with Crippen molar-refractivity contribution in [2.45, 2.75) is 76.9 Å². The molecule has 0 saturated carbocycles. The van der Waals surface area contributed by atoms with Crippen molar-refractivity contribution in [1.82, 2.24) is 20.4 Å². The van der Waals surface area contributed by atoms with Crippen LogP contribution in [0.5, 0.6) is 0 Å². The van der Waals surface area contributed by atoms with Crippen LogP contribution in [0.1, 0.15) is 57.1 Å². The number of hydrogen-bond acceptors (Lipinski definition) is 8. The lowest BCUT2D eigenvalue weighted by molar-refractivity contribution is -0.138. The Bertz CT molecular complexity index is 1510. The first-order valence-electron chi connectivity index (χ1n) is 18.0. The van der Waals surface area contributed by atoms with Crippen LogP contribution in [0.4, 0.5) is 0 Å². The molecule has 2 aromatic carbocycles. The fourth-order valence-electron chi connectivity index (χ4n) is 6.84. The minimum absolute atomic E-state index is 0.0803. The summed E-state index contributed by atoms with van der Waals surface area (Å²) in [6.07, 6.45) is 2.57. The van der Waals surface area contributed by atoms with Gasteiger partial charge in [-0.25, -0.2) is 0 Å². The van der Waals surface area contributed by atoms with E-state index in [2.05, 4.69) is 10.6 Å². The number of carbonyl (C=O) groups excluding carboxylic acids is 5. The van der Waals surface area contributed by atoms with Gasteiger partial charge in [-0.05, 0) is 73.3 Å². The highest BCUT2D eigenvalue weighted by Gasteiger charge is 2.37. The van der Waals surface area contributed by atoms with E-state index in [9.17, 15) is 29.1 Å². The van der Waals surface area contributed by atoms with E-state index in [0.29, 0.717) is 64.8 Å². The number of aliphatic hydroxyl groups excluding tert-OH is 1. The van der Waals surface area contributed by atoms with E-state index in [-0.39, 0.29) is 42.3 Å². The Hall–Kier alpha value is -4.39. The number of Topliss-reactive ketones (excluding diaryl/α,β-unsaturated/α-hetero) is 1. The summed E-state index contributed by atoms with van der Waals surface area (Å²) >= 11 is 0. The third-order valence-electron chi connectivity index (χ3n) is 9.59. The molecule has 4 unspecified atom stereocenters. The molecule has 0 bridgehead atoms. The number of hydrogen-bond donors (Lipinski definition) is 5. The fraction of sp³-hybridized carbons (Fsp3) is 0.513. The molecule has 2 aromatic rings. The Morgan fingerprint density at radius 1 is 0.765 bits per heavy atom. The van der Waals surface area contributed by atoms with Crippen LogP contribution in [0.3, 0.4) is 0 Å². The molecule has 4 amide bonds. The lowest BCUT2D eigenvalue weighted by Gasteiger charge is -2.29. The predicted molar refractivity (Wildman–Crippen MR) is 195 cm³/mol. The number of ketones is 1. The minimum Gasteiger partial charge on any atom is -0.387 e. The molecule has 0 saturated heterocycles. The molecule has 4 rings (SSSR count). The lowest BCUT2D eigenvalue weighted by atomic mass is 9.88. The van der Waals surface area contributed by atoms with Crippen molar-refractivity contribution in [3.05, 3.63) is 82.9 Å². The van der Waals surface area contributed by atoms with Crippen LogP contribution >= 0.6 is 0 Å². The van der Waals surface area contributed by atoms with E-state index in [4.69, 9.17) is 11.5 Å². The first kappa shape index (κ1) is 39.4. The van der Waals surface area contributed by atoms with E-state index in [0.717, 1.165) is 22.3 Å². The largest absolute Gasteiger partial charge is 0.387 e. The van der Waals surface area contributed by atoms with Crippen LogP contribution in [-0.2, 0) is 36.8 Å². The summed E-state index contributed by atoms with van der Waals surface area (Å²) in [4.78, 5) is 70.5. The Kier molecular flexibility index (Phi) is 14.9. The topological polar surface area (TPSA) is 188 Å². The average Bonchev–Trinajstić information content (AvgIpc) is 3.71. The van der Waals surface area contributed by atoms with Crippen LogP contribution in [-0.4, -0.2) is 102 Å². The standard InChI is InChI=1S/C39H54N6O6/c1-26(2)17-29(20-35(47)34(19-28-13-7-4-8-14-28)43-38(50)32(41)18-27-11-5-3-6-12-27)37(49)42-33(15-9-10-16-40)39(51)45-23-30-21-44(36(48)25-46)22-31(30)24-45/h3-8,11-14,26,29,32-34,46H,9-10,15-25,40-41H2,1-2H3,(H,42,49)(H,43,50). The van der Waals surface area contributed by atoms with Gasteiger partial charge in [-0.1, -0.05) is 74.5 Å². The first-order chi connectivity index (χ1) is 24.5. The minimum atomic E-state index is -0.901. The van der Waals surface area contributed by atoms with Gasteiger partial charge < -0.3 is 37.0 Å². The molecule has 0 aromatic heterocycles. The number of unbranched alkanes of at least 4 members (excludes halogenated alkanes) is 1. The third-order valence-corrected chi connectivity index (χ3v) is 9.59. The van der Waals surface area contributed by atoms with Crippen LogP contribution in [0.25, 0.3) is 0 Å². The van der Waals surface area contributed by atoms with Gasteiger partial charge in [0.15, 0.2) is 5.78 Å². The normalized spacial score (nSPS) is 16.4. The maximum Gasteiger partial charge on any atom is 0.248 e. The molecule has 4 atom stereocenters. The molecule has 7 N–H and O–H groups in total. The van der Waals surface area contributed by atoms with Crippen molar-refractivity contribution in [2.75, 3.05) is 39.3 Å². The molecule has 276 valence electrons. The van der Waals surface area contributed by atoms with E-state index in [1.54, 1.807) is 9.80 Å². The monoisotopic (exact) mass is 702 g/mol. The van der Waals surface area contributed by atoms with E-state index >= 15 is 0 Å². The van der Waals surface area contributed by atoms with Gasteiger partial charge in [-0.2, -0.15) is 0 Å². The molecule has 0 aliphatic carbocycles. The maximum atomic E-state index is 14.0. The Balaban J connectivity index is 1.46. The smallest absolute Gasteiger partial charge is 0.248 e. The summed E-state index contributed by atoms with van der Waals surface area (Å²) < 4.78 is 0. The highest BCUT2D eigenvalue weighted by atomic mass is 16.3. The van der Waals surface area contributed by atoms with Crippen LogP contribution in [0, 0.1) is 11.8 Å². The summed E-state index contributed by atoms with van der Waals surface area (Å²) in [6, 6.07) is 16.2. The number of benzene rings is 2. The summed E-state index contributed by atoms with van der Waals surface area (Å²) in [5.74, 6) is -2.32. The van der Waals surface area contributed by atoms with Crippen molar-refractivity contribution < 1.29 is 29.1 Å². The maximum absolute atomic E-state index is 14.0. The number of nitrogens with one attached hydrogen (secondary N) is 2. The number of nitrogens with two attached hydrogens (primary N) is 2. The predicted octanol–water partition coefficient (Wildman–Crippen LogP) is 1.49. The van der Waals surface area contributed by atoms with Crippen molar-refractivity contribution >= 4 is 29.4 Å². The molecule has 2 heterocycles. The van der Waals surface area contributed by atoms with E-state index in [1.165, 1.54) is 0 Å². The van der Waals surface area contributed by atoms with Crippen LogP contribution in [0.15, 0.2) is 71.8 Å². The van der Waals surface area contributed by atoms with Gasteiger partial charge in [0.05, 0.1) is 12.1 Å². The average molecular weight is 703 g/mol. The quantitative estimate of drug-likeness (QED) is 0.108. The second-order valence-corrected chi connectivity index (χ2v) is 14.2. The van der Waals surface area contributed by atoms with Gasteiger partial charge in [0.25, 0.3) is 0 Å². The number of nitrogens with zero attached hydrogens (tertiary/aromatic N) is 2. The summed E-state index contributed by atoms with van der Waals surface area (Å²) in [5, 5.41) is 15.1. The SMILES string of the molecule is CC(C)CC(CC(=O)C(Cc1ccccc1)NC(=O)C(N)Cc1ccccc1)C(=O)NC(CCCCN)C(=O)N1CC2=C(CN(C(=O)CO)C2)C1. The Labute approximate surface area is 301 Å². The molecule has 0 spiro atoms. The van der Waals surface area contributed by atoms with Crippen LogP contribution < -0.4 is 22.1 Å². The van der Waals surface area contributed by atoms with Crippen molar-refractivity contribution in [3.8, 4) is 0 Å². The molecule has 12 heteroatoms. The van der Waals surface area contributed by atoms with Crippen LogP contribution in [0.2, 0.25) is 0 Å². The molecule has 12 nitrogen and oxygen atoms in total. The zero-order chi connectivity index (χ0) is 36.9. The molecule has 0 fully saturated rings. The molecule has 0 radical (unpaired) electrons. The second kappa shape index (κ2) is 19.3. The van der Waals surface area contributed by atoms with Crippen molar-refractivity contribution in [3.63, 3.8) is 0 Å². The molecular formula is C39H54N6O6. The summed E-state index contributed by atoms with van der Waals surface area (Å²) in [7, 11) is 0. The van der Waals surface area contributed by atoms with Gasteiger partial charge in [0.2, 0.25) is 23.6 Å². The highest BCUT2D eigenvalue weighted by molar-refractivity contribution is 5.95. The Morgan fingerprint density at radius 3 is 1.86 bits per heavy atom. The summed E-state index contributed by atoms with van der Waals surface area (Å²) in [5.41, 5.74) is 15.8. The summed E-state index contributed by atoms with van der Waals surface area (Å²) in [6.45, 7) is 5.31. The van der Waals surface area contributed by atoms with Gasteiger partial charge in [0, 0.05) is 38.5 Å². The Morgan fingerprint density at radius 2 is 1.31 bits per heavy atom. The van der Waals surface area contributed by atoms with Gasteiger partial charge in [0.1, 0.15) is 12.6 Å².